The van der Waals surface area contributed by atoms with E-state index in [-0.39, 0.29) is 11.3 Å². The van der Waals surface area contributed by atoms with Gasteiger partial charge in [-0.25, -0.2) is 4.98 Å². The fourth-order valence-corrected chi connectivity index (χ4v) is 2.57. The van der Waals surface area contributed by atoms with E-state index in [1.807, 2.05) is 6.92 Å². The second-order valence-electron chi connectivity index (χ2n) is 4.11. The van der Waals surface area contributed by atoms with Crippen LogP contribution in [0.1, 0.15) is 23.3 Å². The molecule has 0 amide bonds. The largest absolute Gasteiger partial charge is 0.440 e. The van der Waals surface area contributed by atoms with E-state index in [0.717, 1.165) is 0 Å². The second-order valence-corrected chi connectivity index (χ2v) is 5.20. The van der Waals surface area contributed by atoms with Gasteiger partial charge >= 0.3 is 0 Å². The van der Waals surface area contributed by atoms with Gasteiger partial charge in [0.2, 0.25) is 0 Å². The molecule has 2 atom stereocenters. The van der Waals surface area contributed by atoms with E-state index in [9.17, 15) is 0 Å². The molecule has 0 saturated carbocycles. The normalized spacial score (nSPS) is 14.5. The second kappa shape index (κ2) is 5.38. The minimum Gasteiger partial charge on any atom is -0.440 e. The van der Waals surface area contributed by atoms with Crippen molar-refractivity contribution in [3.63, 3.8) is 0 Å². The summed E-state index contributed by atoms with van der Waals surface area (Å²) in [6.07, 6.45) is 3.23. The summed E-state index contributed by atoms with van der Waals surface area (Å²) in [6.45, 7) is 4.08. The number of hydrogen-bond acceptors (Lipinski definition) is 4. The quantitative estimate of drug-likeness (QED) is 0.844. The lowest BCUT2D eigenvalue weighted by Gasteiger charge is -2.19. The Morgan fingerprint density at radius 1 is 1.29 bits per heavy atom. The standard InChI is InChI=1S/C13H16N2OS/c1-9-3-5-11(6-4-9)12(10(2)14)17-13-15-7-8-16-13/h3-8,10,12H,14H2,1-2H3. The van der Waals surface area contributed by atoms with Crippen molar-refractivity contribution in [2.45, 2.75) is 30.4 Å². The molecule has 0 radical (unpaired) electrons. The van der Waals surface area contributed by atoms with Crippen LogP contribution < -0.4 is 5.73 Å². The van der Waals surface area contributed by atoms with Crippen molar-refractivity contribution in [1.29, 1.82) is 0 Å². The van der Waals surface area contributed by atoms with Crippen molar-refractivity contribution in [2.24, 2.45) is 5.73 Å². The molecule has 0 bridgehead atoms. The van der Waals surface area contributed by atoms with Gasteiger partial charge in [-0.3, -0.25) is 0 Å². The van der Waals surface area contributed by atoms with Crippen molar-refractivity contribution in [1.82, 2.24) is 4.98 Å². The van der Waals surface area contributed by atoms with Crippen LogP contribution in [0.25, 0.3) is 0 Å². The molecule has 0 spiro atoms. The topological polar surface area (TPSA) is 52.0 Å². The molecule has 2 rings (SSSR count). The van der Waals surface area contributed by atoms with Gasteiger partial charge < -0.3 is 10.2 Å². The van der Waals surface area contributed by atoms with E-state index in [2.05, 4.69) is 36.2 Å². The van der Waals surface area contributed by atoms with Crippen LogP contribution in [0.3, 0.4) is 0 Å². The number of nitrogens with zero attached hydrogens (tertiary/aromatic N) is 1. The number of nitrogens with two attached hydrogens (primary N) is 1. The smallest absolute Gasteiger partial charge is 0.256 e. The average Bonchev–Trinajstić information content (AvgIpc) is 2.80. The predicted molar refractivity (Wildman–Crippen MR) is 69.9 cm³/mol. The maximum absolute atomic E-state index is 6.03. The number of thioether (sulfide) groups is 1. The first-order valence-electron chi connectivity index (χ1n) is 5.55. The van der Waals surface area contributed by atoms with Crippen molar-refractivity contribution < 1.29 is 4.42 Å². The minimum absolute atomic E-state index is 0.0367. The van der Waals surface area contributed by atoms with Crippen molar-refractivity contribution >= 4 is 11.8 Å². The third-order valence-electron chi connectivity index (χ3n) is 2.52. The fourth-order valence-electron chi connectivity index (χ4n) is 1.61. The summed E-state index contributed by atoms with van der Waals surface area (Å²) < 4.78 is 5.26. The molecule has 1 heterocycles. The van der Waals surface area contributed by atoms with Crippen LogP contribution in [-0.4, -0.2) is 11.0 Å². The van der Waals surface area contributed by atoms with Gasteiger partial charge in [-0.15, -0.1) is 0 Å². The first-order valence-corrected chi connectivity index (χ1v) is 6.43. The summed E-state index contributed by atoms with van der Waals surface area (Å²) in [6, 6.07) is 8.45. The third kappa shape index (κ3) is 3.11. The average molecular weight is 248 g/mol. The highest BCUT2D eigenvalue weighted by Crippen LogP contribution is 2.36. The summed E-state index contributed by atoms with van der Waals surface area (Å²) in [5, 5.41) is 0.821. The SMILES string of the molecule is Cc1ccc(C(Sc2ncco2)C(C)N)cc1. The highest BCUT2D eigenvalue weighted by Gasteiger charge is 2.19. The molecule has 1 aromatic heterocycles. The number of oxazole rings is 1. The van der Waals surface area contributed by atoms with E-state index in [1.54, 1.807) is 24.2 Å². The molecule has 3 nitrogen and oxygen atoms in total. The van der Waals surface area contributed by atoms with Crippen LogP contribution in [-0.2, 0) is 0 Å². The van der Waals surface area contributed by atoms with Gasteiger partial charge in [-0.05, 0) is 19.4 Å². The summed E-state index contributed by atoms with van der Waals surface area (Å²) in [4.78, 5) is 4.12. The van der Waals surface area contributed by atoms with Gasteiger partial charge in [0.05, 0.1) is 11.4 Å². The molecular formula is C13H16N2OS. The lowest BCUT2D eigenvalue weighted by molar-refractivity contribution is 0.452. The molecular weight excluding hydrogens is 232 g/mol. The molecule has 0 aliphatic rings. The first kappa shape index (κ1) is 12.2. The Morgan fingerprint density at radius 3 is 2.53 bits per heavy atom. The van der Waals surface area contributed by atoms with Gasteiger partial charge in [-0.1, -0.05) is 41.6 Å². The lowest BCUT2D eigenvalue weighted by Crippen LogP contribution is -2.22. The Hall–Kier alpha value is -1.26. The van der Waals surface area contributed by atoms with Gasteiger partial charge in [0.15, 0.2) is 0 Å². The summed E-state index contributed by atoms with van der Waals surface area (Å²) in [5.74, 6) is 0. The van der Waals surface area contributed by atoms with Crippen LogP contribution in [0, 0.1) is 6.92 Å². The third-order valence-corrected chi connectivity index (χ3v) is 3.88. The first-order chi connectivity index (χ1) is 8.16. The summed E-state index contributed by atoms with van der Waals surface area (Å²) in [7, 11) is 0. The molecule has 4 heteroatoms. The Morgan fingerprint density at radius 2 is 2.00 bits per heavy atom. The molecule has 2 N–H and O–H groups in total. The molecule has 0 saturated heterocycles. The van der Waals surface area contributed by atoms with E-state index < -0.39 is 0 Å². The number of benzene rings is 1. The fraction of sp³-hybridized carbons (Fsp3) is 0.308. The number of rotatable bonds is 4. The molecule has 2 unspecified atom stereocenters. The Bertz CT molecular complexity index is 451. The lowest BCUT2D eigenvalue weighted by atomic mass is 10.1. The zero-order valence-electron chi connectivity index (χ0n) is 9.96. The van der Waals surface area contributed by atoms with Crippen molar-refractivity contribution in [3.8, 4) is 0 Å². The Kier molecular flexibility index (Phi) is 3.86. The zero-order valence-corrected chi connectivity index (χ0v) is 10.8. The number of hydrogen-bond donors (Lipinski definition) is 1. The zero-order chi connectivity index (χ0) is 12.3. The van der Waals surface area contributed by atoms with Crippen LogP contribution in [0.5, 0.6) is 0 Å². The van der Waals surface area contributed by atoms with Crippen molar-refractivity contribution in [2.75, 3.05) is 0 Å². The van der Waals surface area contributed by atoms with Crippen LogP contribution in [0.2, 0.25) is 0 Å². The van der Waals surface area contributed by atoms with E-state index >= 15 is 0 Å². The Labute approximate surface area is 105 Å². The minimum atomic E-state index is 0.0367. The predicted octanol–water partition coefficient (Wildman–Crippen LogP) is 3.16. The molecule has 17 heavy (non-hydrogen) atoms. The number of aromatic nitrogens is 1. The molecule has 0 aliphatic heterocycles. The van der Waals surface area contributed by atoms with Crippen LogP contribution in [0.4, 0.5) is 0 Å². The van der Waals surface area contributed by atoms with Gasteiger partial charge in [0.1, 0.15) is 6.26 Å². The van der Waals surface area contributed by atoms with Crippen LogP contribution in [0.15, 0.2) is 46.4 Å². The maximum Gasteiger partial charge on any atom is 0.256 e. The van der Waals surface area contributed by atoms with Crippen LogP contribution >= 0.6 is 11.8 Å². The maximum atomic E-state index is 6.03. The molecule has 1 aromatic carbocycles. The van der Waals surface area contributed by atoms with E-state index in [1.165, 1.54) is 11.1 Å². The van der Waals surface area contributed by atoms with Gasteiger partial charge in [0.25, 0.3) is 5.22 Å². The highest BCUT2D eigenvalue weighted by molar-refractivity contribution is 7.99. The van der Waals surface area contributed by atoms with Gasteiger partial charge in [-0.2, -0.15) is 0 Å². The van der Waals surface area contributed by atoms with E-state index in [0.29, 0.717) is 5.22 Å². The molecule has 0 fully saturated rings. The van der Waals surface area contributed by atoms with Crippen molar-refractivity contribution in [3.05, 3.63) is 47.9 Å². The monoisotopic (exact) mass is 248 g/mol. The molecule has 0 aliphatic carbocycles. The molecule has 2 aromatic rings. The van der Waals surface area contributed by atoms with E-state index in [4.69, 9.17) is 10.2 Å². The van der Waals surface area contributed by atoms with Gasteiger partial charge in [0, 0.05) is 6.04 Å². The summed E-state index contributed by atoms with van der Waals surface area (Å²) >= 11 is 1.56. The number of aryl methyl sites for hydroxylation is 1. The Balaban J connectivity index is 2.20. The molecule has 90 valence electrons. The highest BCUT2D eigenvalue weighted by atomic mass is 32.2. The summed E-state index contributed by atoms with van der Waals surface area (Å²) in [5.41, 5.74) is 8.48.